The van der Waals surface area contributed by atoms with Crippen molar-refractivity contribution >= 4 is 11.6 Å². The Morgan fingerprint density at radius 3 is 2.95 bits per heavy atom. The molecule has 0 fully saturated rings. The van der Waals surface area contributed by atoms with Gasteiger partial charge in [-0.1, -0.05) is 12.1 Å². The van der Waals surface area contributed by atoms with E-state index in [1.807, 2.05) is 28.8 Å². The van der Waals surface area contributed by atoms with Gasteiger partial charge in [-0.2, -0.15) is 4.39 Å². The second-order valence-electron chi connectivity index (χ2n) is 4.40. The van der Waals surface area contributed by atoms with Gasteiger partial charge in [-0.15, -0.1) is 10.2 Å². The second-order valence-corrected chi connectivity index (χ2v) is 4.40. The fraction of sp³-hybridized carbons (Fsp3) is 0.143. The van der Waals surface area contributed by atoms with Crippen LogP contribution < -0.4 is 5.32 Å². The maximum atomic E-state index is 12.9. The van der Waals surface area contributed by atoms with Crippen LogP contribution in [0.4, 0.5) is 4.39 Å². The predicted molar refractivity (Wildman–Crippen MR) is 73.2 cm³/mol. The first-order valence-electron chi connectivity index (χ1n) is 6.43. The number of pyridine rings is 2. The van der Waals surface area contributed by atoms with E-state index in [2.05, 4.69) is 20.5 Å². The smallest absolute Gasteiger partial charge is 0.270 e. The Labute approximate surface area is 119 Å². The van der Waals surface area contributed by atoms with Gasteiger partial charge in [0.1, 0.15) is 11.5 Å². The van der Waals surface area contributed by atoms with Crippen molar-refractivity contribution < 1.29 is 9.18 Å². The van der Waals surface area contributed by atoms with Gasteiger partial charge in [-0.3, -0.25) is 9.20 Å². The molecule has 0 spiro atoms. The quantitative estimate of drug-likeness (QED) is 0.732. The number of fused-ring (bicyclic) bond motifs is 1. The first-order valence-corrected chi connectivity index (χ1v) is 6.43. The van der Waals surface area contributed by atoms with Crippen molar-refractivity contribution in [3.8, 4) is 0 Å². The molecule has 1 amide bonds. The third-order valence-corrected chi connectivity index (χ3v) is 2.97. The Kier molecular flexibility index (Phi) is 3.55. The van der Waals surface area contributed by atoms with Gasteiger partial charge in [0.15, 0.2) is 5.65 Å². The van der Waals surface area contributed by atoms with E-state index in [-0.39, 0.29) is 5.69 Å². The number of carbonyl (C=O) groups excluding carboxylic acids is 1. The SMILES string of the molecule is O=C(NCCc1nnc2ccccn12)c1cccc(F)n1. The van der Waals surface area contributed by atoms with Crippen molar-refractivity contribution in [2.75, 3.05) is 6.54 Å². The van der Waals surface area contributed by atoms with Crippen molar-refractivity contribution in [1.82, 2.24) is 24.9 Å². The molecular weight excluding hydrogens is 273 g/mol. The molecule has 0 atom stereocenters. The number of hydrogen-bond donors (Lipinski definition) is 1. The van der Waals surface area contributed by atoms with E-state index < -0.39 is 11.9 Å². The Balaban J connectivity index is 1.62. The first-order chi connectivity index (χ1) is 10.2. The van der Waals surface area contributed by atoms with Crippen LogP contribution in [0, 0.1) is 5.95 Å². The van der Waals surface area contributed by atoms with E-state index in [1.54, 1.807) is 0 Å². The highest BCUT2D eigenvalue weighted by atomic mass is 19.1. The lowest BCUT2D eigenvalue weighted by atomic mass is 10.3. The molecule has 0 unspecified atom stereocenters. The number of nitrogens with zero attached hydrogens (tertiary/aromatic N) is 4. The maximum Gasteiger partial charge on any atom is 0.270 e. The standard InChI is InChI=1S/C14H12FN5O/c15-11-5-3-4-10(17-11)14(21)16-8-7-13-19-18-12-6-1-2-9-20(12)13/h1-6,9H,7-8H2,(H,16,21). The van der Waals surface area contributed by atoms with Crippen LogP contribution in [-0.2, 0) is 6.42 Å². The molecule has 21 heavy (non-hydrogen) atoms. The zero-order chi connectivity index (χ0) is 14.7. The highest BCUT2D eigenvalue weighted by molar-refractivity contribution is 5.92. The number of hydrogen-bond acceptors (Lipinski definition) is 4. The Morgan fingerprint density at radius 1 is 1.19 bits per heavy atom. The normalized spacial score (nSPS) is 10.7. The average Bonchev–Trinajstić information content (AvgIpc) is 2.91. The third-order valence-electron chi connectivity index (χ3n) is 2.97. The van der Waals surface area contributed by atoms with E-state index >= 15 is 0 Å². The fourth-order valence-electron chi connectivity index (χ4n) is 1.97. The summed E-state index contributed by atoms with van der Waals surface area (Å²) in [5.41, 5.74) is 0.812. The van der Waals surface area contributed by atoms with Crippen molar-refractivity contribution in [3.05, 3.63) is 60.1 Å². The zero-order valence-electron chi connectivity index (χ0n) is 11.0. The summed E-state index contributed by atoms with van der Waals surface area (Å²) >= 11 is 0. The summed E-state index contributed by atoms with van der Waals surface area (Å²) in [4.78, 5) is 15.3. The van der Waals surface area contributed by atoms with E-state index in [0.717, 1.165) is 11.5 Å². The van der Waals surface area contributed by atoms with Gasteiger partial charge >= 0.3 is 0 Å². The van der Waals surface area contributed by atoms with Gasteiger partial charge < -0.3 is 5.32 Å². The Morgan fingerprint density at radius 2 is 2.10 bits per heavy atom. The molecule has 1 N–H and O–H groups in total. The van der Waals surface area contributed by atoms with Crippen LogP contribution in [-0.4, -0.2) is 32.0 Å². The van der Waals surface area contributed by atoms with Gasteiger partial charge in [0, 0.05) is 19.2 Å². The largest absolute Gasteiger partial charge is 0.350 e. The monoisotopic (exact) mass is 285 g/mol. The molecule has 0 aliphatic rings. The molecule has 106 valence electrons. The summed E-state index contributed by atoms with van der Waals surface area (Å²) in [5, 5.41) is 10.8. The highest BCUT2D eigenvalue weighted by Gasteiger charge is 2.09. The van der Waals surface area contributed by atoms with Crippen LogP contribution in [0.3, 0.4) is 0 Å². The van der Waals surface area contributed by atoms with E-state index in [1.165, 1.54) is 18.2 Å². The number of halogens is 1. The van der Waals surface area contributed by atoms with Gasteiger partial charge in [0.25, 0.3) is 5.91 Å². The molecular formula is C14H12FN5O. The number of aromatic nitrogens is 4. The predicted octanol–water partition coefficient (Wildman–Crippen LogP) is 1.24. The maximum absolute atomic E-state index is 12.9. The van der Waals surface area contributed by atoms with Gasteiger partial charge in [0.05, 0.1) is 0 Å². The van der Waals surface area contributed by atoms with Crippen LogP contribution in [0.2, 0.25) is 0 Å². The molecule has 0 saturated carbocycles. The minimum atomic E-state index is -0.675. The summed E-state index contributed by atoms with van der Waals surface area (Å²) in [6, 6.07) is 9.72. The summed E-state index contributed by atoms with van der Waals surface area (Å²) in [5.74, 6) is -0.340. The molecule has 3 rings (SSSR count). The van der Waals surface area contributed by atoms with Crippen LogP contribution in [0.1, 0.15) is 16.3 Å². The summed E-state index contributed by atoms with van der Waals surface area (Å²) in [6.07, 6.45) is 2.38. The van der Waals surface area contributed by atoms with Crippen LogP contribution in [0.5, 0.6) is 0 Å². The number of nitrogens with one attached hydrogen (secondary N) is 1. The molecule has 0 aromatic carbocycles. The summed E-state index contributed by atoms with van der Waals surface area (Å²) in [6.45, 7) is 0.368. The van der Waals surface area contributed by atoms with Crippen molar-refractivity contribution in [3.63, 3.8) is 0 Å². The van der Waals surface area contributed by atoms with Crippen LogP contribution in [0.25, 0.3) is 5.65 Å². The third kappa shape index (κ3) is 2.86. The molecule has 3 aromatic rings. The summed E-state index contributed by atoms with van der Waals surface area (Å²) < 4.78 is 14.8. The van der Waals surface area contributed by atoms with Gasteiger partial charge in [0.2, 0.25) is 5.95 Å². The zero-order valence-corrected chi connectivity index (χ0v) is 11.0. The van der Waals surface area contributed by atoms with Gasteiger partial charge in [-0.25, -0.2) is 4.98 Å². The molecule has 3 aromatic heterocycles. The minimum absolute atomic E-state index is 0.0566. The molecule has 0 saturated heterocycles. The Bertz CT molecular complexity index is 786. The van der Waals surface area contributed by atoms with E-state index in [4.69, 9.17) is 0 Å². The lowest BCUT2D eigenvalue weighted by molar-refractivity contribution is 0.0948. The topological polar surface area (TPSA) is 72.2 Å². The van der Waals surface area contributed by atoms with Crippen LogP contribution in [0.15, 0.2) is 42.6 Å². The number of carbonyl (C=O) groups is 1. The molecule has 7 heteroatoms. The second kappa shape index (κ2) is 5.66. The average molecular weight is 285 g/mol. The first kappa shape index (κ1) is 13.2. The Hall–Kier alpha value is -2.83. The van der Waals surface area contributed by atoms with Crippen molar-refractivity contribution in [2.24, 2.45) is 0 Å². The molecule has 0 aliphatic carbocycles. The highest BCUT2D eigenvalue weighted by Crippen LogP contribution is 2.03. The summed E-state index contributed by atoms with van der Waals surface area (Å²) in [7, 11) is 0. The molecule has 3 heterocycles. The molecule has 6 nitrogen and oxygen atoms in total. The van der Waals surface area contributed by atoms with Crippen LogP contribution >= 0.6 is 0 Å². The minimum Gasteiger partial charge on any atom is -0.350 e. The van der Waals surface area contributed by atoms with E-state index in [0.29, 0.717) is 13.0 Å². The number of rotatable bonds is 4. The fourth-order valence-corrected chi connectivity index (χ4v) is 1.97. The molecule has 0 bridgehead atoms. The van der Waals surface area contributed by atoms with Crippen molar-refractivity contribution in [2.45, 2.75) is 6.42 Å². The van der Waals surface area contributed by atoms with E-state index in [9.17, 15) is 9.18 Å². The lowest BCUT2D eigenvalue weighted by Crippen LogP contribution is -2.27. The van der Waals surface area contributed by atoms with Gasteiger partial charge in [-0.05, 0) is 24.3 Å². The number of amides is 1. The van der Waals surface area contributed by atoms with Crippen molar-refractivity contribution in [1.29, 1.82) is 0 Å². The molecule has 0 aliphatic heterocycles. The molecule has 0 radical (unpaired) electrons. The lowest BCUT2D eigenvalue weighted by Gasteiger charge is -2.04.